The predicted molar refractivity (Wildman–Crippen MR) is 125 cm³/mol. The highest BCUT2D eigenvalue weighted by atomic mass is 32.2. The number of nitrogens with zero attached hydrogens (tertiary/aromatic N) is 1. The number of hydrogen-bond acceptors (Lipinski definition) is 5. The van der Waals surface area contributed by atoms with Crippen LogP contribution < -0.4 is 19.7 Å². The molecule has 0 atom stereocenters. The maximum Gasteiger partial charge on any atom is 0.253 e. The number of nitrogens with one attached hydrogen (secondary N) is 2. The number of carbonyl (C=O) groups is 2. The van der Waals surface area contributed by atoms with Crippen LogP contribution in [0.1, 0.15) is 42.5 Å². The van der Waals surface area contributed by atoms with Gasteiger partial charge in [-0.2, -0.15) is 0 Å². The zero-order chi connectivity index (χ0) is 23.1. The van der Waals surface area contributed by atoms with Gasteiger partial charge in [-0.05, 0) is 49.2 Å². The van der Waals surface area contributed by atoms with Gasteiger partial charge in [-0.3, -0.25) is 13.9 Å². The Kier molecular flexibility index (Phi) is 7.74. The molecule has 1 aliphatic rings. The van der Waals surface area contributed by atoms with Gasteiger partial charge in [-0.15, -0.1) is 0 Å². The van der Waals surface area contributed by atoms with Crippen molar-refractivity contribution in [3.63, 3.8) is 0 Å². The van der Waals surface area contributed by atoms with Crippen LogP contribution in [-0.4, -0.2) is 46.2 Å². The van der Waals surface area contributed by atoms with Gasteiger partial charge in [0.05, 0.1) is 30.3 Å². The Morgan fingerprint density at radius 3 is 2.31 bits per heavy atom. The molecule has 0 aliphatic heterocycles. The summed E-state index contributed by atoms with van der Waals surface area (Å²) >= 11 is 0. The largest absolute Gasteiger partial charge is 0.497 e. The lowest BCUT2D eigenvalue weighted by molar-refractivity contribution is -0.114. The van der Waals surface area contributed by atoms with Gasteiger partial charge < -0.3 is 15.4 Å². The molecule has 1 fully saturated rings. The molecular weight excluding hydrogens is 430 g/mol. The van der Waals surface area contributed by atoms with E-state index < -0.39 is 22.5 Å². The second-order valence-electron chi connectivity index (χ2n) is 7.87. The fourth-order valence-electron chi connectivity index (χ4n) is 3.77. The van der Waals surface area contributed by atoms with E-state index in [0.717, 1.165) is 36.2 Å². The van der Waals surface area contributed by atoms with Crippen molar-refractivity contribution >= 4 is 33.2 Å². The first kappa shape index (κ1) is 23.6. The number of benzene rings is 2. The normalized spacial score (nSPS) is 14.4. The van der Waals surface area contributed by atoms with Crippen molar-refractivity contribution in [1.82, 2.24) is 5.32 Å². The van der Waals surface area contributed by atoms with Crippen molar-refractivity contribution < 1.29 is 22.7 Å². The summed E-state index contributed by atoms with van der Waals surface area (Å²) in [4.78, 5) is 25.6. The smallest absolute Gasteiger partial charge is 0.253 e. The highest BCUT2D eigenvalue weighted by molar-refractivity contribution is 7.92. The van der Waals surface area contributed by atoms with E-state index >= 15 is 0 Å². The first-order valence-electron chi connectivity index (χ1n) is 10.6. The van der Waals surface area contributed by atoms with E-state index in [1.165, 1.54) is 13.5 Å². The lowest BCUT2D eigenvalue weighted by Crippen LogP contribution is -2.38. The van der Waals surface area contributed by atoms with E-state index in [2.05, 4.69) is 10.6 Å². The van der Waals surface area contributed by atoms with E-state index in [0.29, 0.717) is 22.7 Å². The Morgan fingerprint density at radius 2 is 1.69 bits per heavy atom. The topological polar surface area (TPSA) is 105 Å². The van der Waals surface area contributed by atoms with Crippen molar-refractivity contribution in [1.29, 1.82) is 0 Å². The number of anilines is 2. The van der Waals surface area contributed by atoms with Crippen molar-refractivity contribution in [2.24, 2.45) is 0 Å². The van der Waals surface area contributed by atoms with Gasteiger partial charge in [0, 0.05) is 6.04 Å². The van der Waals surface area contributed by atoms with Gasteiger partial charge >= 0.3 is 0 Å². The summed E-state index contributed by atoms with van der Waals surface area (Å²) in [5, 5.41) is 5.74. The summed E-state index contributed by atoms with van der Waals surface area (Å²) in [6.45, 7) is -0.427. The van der Waals surface area contributed by atoms with Crippen molar-refractivity contribution in [2.75, 3.05) is 29.5 Å². The van der Waals surface area contributed by atoms with Crippen LogP contribution in [0.25, 0.3) is 0 Å². The van der Waals surface area contributed by atoms with Crippen LogP contribution in [0, 0.1) is 0 Å². The van der Waals surface area contributed by atoms with Gasteiger partial charge in [0.25, 0.3) is 5.91 Å². The Balaban J connectivity index is 1.73. The minimum Gasteiger partial charge on any atom is -0.497 e. The van der Waals surface area contributed by atoms with E-state index in [9.17, 15) is 18.0 Å². The van der Waals surface area contributed by atoms with Crippen molar-refractivity contribution in [2.45, 2.75) is 38.1 Å². The van der Waals surface area contributed by atoms with E-state index in [-0.39, 0.29) is 11.9 Å². The second-order valence-corrected chi connectivity index (χ2v) is 9.78. The number of sulfonamides is 1. The van der Waals surface area contributed by atoms with Gasteiger partial charge in [-0.25, -0.2) is 8.42 Å². The third-order valence-corrected chi connectivity index (χ3v) is 6.57. The number of carbonyl (C=O) groups excluding carboxylic acids is 2. The molecule has 2 aromatic carbocycles. The molecule has 2 amide bonds. The quantitative estimate of drug-likeness (QED) is 0.631. The maximum absolute atomic E-state index is 12.8. The molecular formula is C23H29N3O5S. The average Bonchev–Trinajstić information content (AvgIpc) is 2.78. The fraction of sp³-hybridized carbons (Fsp3) is 0.391. The van der Waals surface area contributed by atoms with Crippen LogP contribution in [0.4, 0.5) is 11.4 Å². The standard InChI is InChI=1S/C23H29N3O5S/c1-31-19-14-12-18(13-15-19)26(32(2,29)30)16-22(27)25-21-11-7-6-10-20(21)23(28)24-17-8-4-3-5-9-17/h6-7,10-15,17H,3-5,8-9,16H2,1-2H3,(H,24,28)(H,25,27). The van der Waals surface area contributed by atoms with Crippen molar-refractivity contribution in [3.8, 4) is 5.75 Å². The predicted octanol–water partition coefficient (Wildman–Crippen LogP) is 3.16. The van der Waals surface area contributed by atoms with Gasteiger partial charge in [0.15, 0.2) is 0 Å². The zero-order valence-electron chi connectivity index (χ0n) is 18.3. The summed E-state index contributed by atoms with van der Waals surface area (Å²) in [7, 11) is -2.21. The molecule has 8 nitrogen and oxygen atoms in total. The third kappa shape index (κ3) is 6.23. The monoisotopic (exact) mass is 459 g/mol. The molecule has 0 unspecified atom stereocenters. The maximum atomic E-state index is 12.8. The molecule has 0 bridgehead atoms. The van der Waals surface area contributed by atoms with Crippen LogP contribution in [-0.2, 0) is 14.8 Å². The Hall–Kier alpha value is -3.07. The molecule has 3 rings (SSSR count). The molecule has 2 N–H and O–H groups in total. The lowest BCUT2D eigenvalue weighted by atomic mass is 9.95. The number of ether oxygens (including phenoxy) is 1. The summed E-state index contributed by atoms with van der Waals surface area (Å²) in [6, 6.07) is 13.2. The summed E-state index contributed by atoms with van der Waals surface area (Å²) in [6.07, 6.45) is 6.31. The van der Waals surface area contributed by atoms with Gasteiger partial charge in [-0.1, -0.05) is 31.4 Å². The minimum atomic E-state index is -3.72. The summed E-state index contributed by atoms with van der Waals surface area (Å²) < 4.78 is 30.7. The number of rotatable bonds is 8. The molecule has 0 radical (unpaired) electrons. The average molecular weight is 460 g/mol. The summed E-state index contributed by atoms with van der Waals surface area (Å²) in [5.74, 6) is -0.225. The van der Waals surface area contributed by atoms with Crippen LogP contribution in [0.2, 0.25) is 0 Å². The molecule has 0 heterocycles. The molecule has 172 valence electrons. The highest BCUT2D eigenvalue weighted by Gasteiger charge is 2.23. The van der Waals surface area contributed by atoms with Crippen LogP contribution in [0.3, 0.4) is 0 Å². The molecule has 32 heavy (non-hydrogen) atoms. The molecule has 9 heteroatoms. The Labute approximate surface area is 189 Å². The first-order valence-corrected chi connectivity index (χ1v) is 12.4. The number of methoxy groups -OCH3 is 1. The minimum absolute atomic E-state index is 0.135. The molecule has 0 saturated heterocycles. The summed E-state index contributed by atoms with van der Waals surface area (Å²) in [5.41, 5.74) is 1.03. The van der Waals surface area contributed by atoms with E-state index in [4.69, 9.17) is 4.74 Å². The van der Waals surface area contributed by atoms with Gasteiger partial charge in [0.1, 0.15) is 12.3 Å². The van der Waals surface area contributed by atoms with Crippen LogP contribution in [0.15, 0.2) is 48.5 Å². The third-order valence-electron chi connectivity index (χ3n) is 5.43. The number of para-hydroxylation sites is 1. The van der Waals surface area contributed by atoms with Gasteiger partial charge in [0.2, 0.25) is 15.9 Å². The molecule has 0 spiro atoms. The molecule has 1 aliphatic carbocycles. The Bertz CT molecular complexity index is 1050. The van der Waals surface area contributed by atoms with Crippen molar-refractivity contribution in [3.05, 3.63) is 54.1 Å². The fourth-order valence-corrected chi connectivity index (χ4v) is 4.63. The molecule has 1 saturated carbocycles. The Morgan fingerprint density at radius 1 is 1.03 bits per heavy atom. The number of amides is 2. The molecule has 2 aromatic rings. The van der Waals surface area contributed by atoms with Crippen LogP contribution >= 0.6 is 0 Å². The SMILES string of the molecule is COc1ccc(N(CC(=O)Nc2ccccc2C(=O)NC2CCCCC2)S(C)(=O)=O)cc1. The van der Waals surface area contributed by atoms with E-state index in [1.54, 1.807) is 48.5 Å². The second kappa shape index (κ2) is 10.5. The highest BCUT2D eigenvalue weighted by Crippen LogP contribution is 2.23. The number of hydrogen-bond donors (Lipinski definition) is 2. The van der Waals surface area contributed by atoms with Crippen LogP contribution in [0.5, 0.6) is 5.75 Å². The zero-order valence-corrected chi connectivity index (χ0v) is 19.2. The van der Waals surface area contributed by atoms with E-state index in [1.807, 2.05) is 0 Å². The molecule has 0 aromatic heterocycles. The lowest BCUT2D eigenvalue weighted by Gasteiger charge is -2.24. The first-order chi connectivity index (χ1) is 15.3.